The van der Waals surface area contributed by atoms with Gasteiger partial charge >= 0.3 is 0 Å². The molecule has 178 valence electrons. The Morgan fingerprint density at radius 3 is 2.39 bits per heavy atom. The van der Waals surface area contributed by atoms with E-state index in [0.29, 0.717) is 0 Å². The van der Waals surface area contributed by atoms with Crippen LogP contribution in [-0.4, -0.2) is 81.2 Å². The van der Waals surface area contributed by atoms with Crippen LogP contribution >= 0.6 is 0 Å². The lowest BCUT2D eigenvalue weighted by molar-refractivity contribution is -0.304. The number of hydrogen-bond acceptors (Lipinski definition) is 11. The van der Waals surface area contributed by atoms with Crippen molar-refractivity contribution in [1.29, 1.82) is 0 Å². The van der Waals surface area contributed by atoms with Crippen LogP contribution in [-0.2, 0) is 15.1 Å². The molecule has 0 amide bonds. The summed E-state index contributed by atoms with van der Waals surface area (Å²) in [4.78, 5) is 12.5. The van der Waals surface area contributed by atoms with Crippen LogP contribution in [0, 0.1) is 0 Å². The van der Waals surface area contributed by atoms with Crippen LogP contribution in [0.25, 0.3) is 11.0 Å². The van der Waals surface area contributed by atoms with Crippen molar-refractivity contribution in [3.05, 3.63) is 58.5 Å². The Balaban J connectivity index is 1.56. The average molecular weight is 464 g/mol. The van der Waals surface area contributed by atoms with E-state index in [9.17, 15) is 35.4 Å². The summed E-state index contributed by atoms with van der Waals surface area (Å²) in [5, 5.41) is 60.2. The molecular formula is C22H24O11. The van der Waals surface area contributed by atoms with Gasteiger partial charge < -0.3 is 49.3 Å². The molecule has 0 saturated carbocycles. The Kier molecular flexibility index (Phi) is 6.29. The van der Waals surface area contributed by atoms with Crippen LogP contribution in [0.2, 0.25) is 0 Å². The van der Waals surface area contributed by atoms with Crippen LogP contribution < -0.4 is 10.2 Å². The highest BCUT2D eigenvalue weighted by molar-refractivity contribution is 5.84. The van der Waals surface area contributed by atoms with Crippen LogP contribution in [0.4, 0.5) is 0 Å². The van der Waals surface area contributed by atoms with Gasteiger partial charge in [0.05, 0.1) is 19.8 Å². The fourth-order valence-corrected chi connectivity index (χ4v) is 3.75. The lowest BCUT2D eigenvalue weighted by Gasteiger charge is -2.40. The zero-order valence-electron chi connectivity index (χ0n) is 17.4. The van der Waals surface area contributed by atoms with Gasteiger partial charge in [-0.25, -0.2) is 0 Å². The first-order chi connectivity index (χ1) is 15.7. The van der Waals surface area contributed by atoms with Gasteiger partial charge in [0.2, 0.25) is 0 Å². The van der Waals surface area contributed by atoms with Gasteiger partial charge in [-0.15, -0.1) is 0 Å². The summed E-state index contributed by atoms with van der Waals surface area (Å²) in [6, 6.07) is 3.74. The fourth-order valence-electron chi connectivity index (χ4n) is 3.75. The number of phenols is 1. The van der Waals surface area contributed by atoms with E-state index in [0.717, 1.165) is 6.07 Å². The number of ether oxygens (including phenoxy) is 3. The highest BCUT2D eigenvalue weighted by Gasteiger charge is 2.45. The Hall–Kier alpha value is -2.77. The fraction of sp³-hybridized carbons (Fsp3) is 0.409. The Morgan fingerprint density at radius 2 is 1.76 bits per heavy atom. The highest BCUT2D eigenvalue weighted by Crippen LogP contribution is 2.34. The topological polar surface area (TPSA) is 179 Å². The third-order valence-corrected chi connectivity index (χ3v) is 5.63. The maximum atomic E-state index is 12.5. The molecule has 0 radical (unpaired) electrons. The number of hydrogen-bond donors (Lipinski definition) is 6. The smallest absolute Gasteiger partial charge is 0.196 e. The summed E-state index contributed by atoms with van der Waals surface area (Å²) in [5.41, 5.74) is -2.37. The van der Waals surface area contributed by atoms with Crippen molar-refractivity contribution in [2.45, 2.75) is 42.4 Å². The molecule has 1 aliphatic carbocycles. The first-order valence-corrected chi connectivity index (χ1v) is 10.1. The Bertz CT molecular complexity index is 1120. The van der Waals surface area contributed by atoms with E-state index in [1.807, 2.05) is 0 Å². The molecule has 6 N–H and O–H groups in total. The predicted octanol–water partition coefficient (Wildman–Crippen LogP) is -0.994. The first kappa shape index (κ1) is 23.4. The van der Waals surface area contributed by atoms with E-state index in [1.54, 1.807) is 0 Å². The molecule has 4 rings (SSSR count). The number of fused-ring (bicyclic) bond motifs is 1. The SMILES string of the molecule is COc1cc(O)c2c(=O)cc(C3(O)C=CC(OC4OC(CO)C(O)C(O)C4O)C=C3)oc2c1. The number of aromatic hydroxyl groups is 1. The van der Waals surface area contributed by atoms with Crippen LogP contribution in [0.15, 0.2) is 51.7 Å². The minimum absolute atomic E-state index is 0.0178. The van der Waals surface area contributed by atoms with Gasteiger partial charge in [0.15, 0.2) is 17.3 Å². The van der Waals surface area contributed by atoms with Crippen LogP contribution in [0.5, 0.6) is 11.5 Å². The third-order valence-electron chi connectivity index (χ3n) is 5.63. The third kappa shape index (κ3) is 4.27. The van der Waals surface area contributed by atoms with E-state index in [-0.39, 0.29) is 28.2 Å². The molecule has 5 unspecified atom stereocenters. The molecule has 2 aromatic rings. The number of aliphatic hydroxyl groups is 5. The van der Waals surface area contributed by atoms with Crippen molar-refractivity contribution in [3.63, 3.8) is 0 Å². The van der Waals surface area contributed by atoms with Gasteiger partial charge in [0.25, 0.3) is 0 Å². The highest BCUT2D eigenvalue weighted by atomic mass is 16.7. The van der Waals surface area contributed by atoms with Crippen molar-refractivity contribution < 1.29 is 49.3 Å². The molecule has 1 aliphatic heterocycles. The zero-order chi connectivity index (χ0) is 23.9. The quantitative estimate of drug-likeness (QED) is 0.299. The van der Waals surface area contributed by atoms with Crippen LogP contribution in [0.3, 0.4) is 0 Å². The molecule has 11 nitrogen and oxygen atoms in total. The summed E-state index contributed by atoms with van der Waals surface area (Å²) in [6.45, 7) is -0.595. The lowest BCUT2D eigenvalue weighted by atomic mass is 9.93. The molecule has 1 fully saturated rings. The van der Waals surface area contributed by atoms with Gasteiger partial charge in [-0.2, -0.15) is 0 Å². The number of methoxy groups -OCH3 is 1. The summed E-state index contributed by atoms with van der Waals surface area (Å²) >= 11 is 0. The molecule has 1 aromatic carbocycles. The summed E-state index contributed by atoms with van der Waals surface area (Å²) in [5.74, 6) is -0.180. The maximum absolute atomic E-state index is 12.5. The minimum Gasteiger partial charge on any atom is -0.507 e. The first-order valence-electron chi connectivity index (χ1n) is 10.1. The van der Waals surface area contributed by atoms with Gasteiger partial charge in [-0.1, -0.05) is 12.2 Å². The minimum atomic E-state index is -1.82. The second-order valence-corrected chi connectivity index (χ2v) is 7.84. The van der Waals surface area contributed by atoms with E-state index in [1.165, 1.54) is 43.5 Å². The molecule has 0 spiro atoms. The van der Waals surface area contributed by atoms with Crippen molar-refractivity contribution in [3.8, 4) is 11.5 Å². The normalized spacial score (nSPS) is 34.0. The maximum Gasteiger partial charge on any atom is 0.196 e. The van der Waals surface area contributed by atoms with E-state index < -0.39 is 54.4 Å². The van der Waals surface area contributed by atoms with Crippen molar-refractivity contribution in [2.24, 2.45) is 0 Å². The number of aliphatic hydroxyl groups excluding tert-OH is 4. The Morgan fingerprint density at radius 1 is 1.06 bits per heavy atom. The molecule has 11 heteroatoms. The molecule has 0 bridgehead atoms. The van der Waals surface area contributed by atoms with Gasteiger partial charge in [0.1, 0.15) is 52.6 Å². The molecule has 1 aromatic heterocycles. The predicted molar refractivity (Wildman–Crippen MR) is 112 cm³/mol. The van der Waals surface area contributed by atoms with Crippen molar-refractivity contribution in [1.82, 2.24) is 0 Å². The molecule has 33 heavy (non-hydrogen) atoms. The largest absolute Gasteiger partial charge is 0.507 e. The lowest BCUT2D eigenvalue weighted by Crippen LogP contribution is -2.59. The zero-order valence-corrected chi connectivity index (χ0v) is 17.4. The monoisotopic (exact) mass is 464 g/mol. The molecule has 1 saturated heterocycles. The van der Waals surface area contributed by atoms with Crippen LogP contribution in [0.1, 0.15) is 5.76 Å². The van der Waals surface area contributed by atoms with Gasteiger partial charge in [0, 0.05) is 18.2 Å². The molecule has 5 atom stereocenters. The van der Waals surface area contributed by atoms with Gasteiger partial charge in [-0.3, -0.25) is 4.79 Å². The number of phenolic OH excluding ortho intramolecular Hbond substituents is 1. The number of rotatable bonds is 5. The Labute approximate surface area is 187 Å². The summed E-state index contributed by atoms with van der Waals surface area (Å²) < 4.78 is 21.6. The second kappa shape index (κ2) is 8.88. The van der Waals surface area contributed by atoms with E-state index >= 15 is 0 Å². The molecule has 2 heterocycles. The molecule has 2 aliphatic rings. The second-order valence-electron chi connectivity index (χ2n) is 7.84. The van der Waals surface area contributed by atoms with E-state index in [2.05, 4.69) is 0 Å². The number of benzene rings is 1. The van der Waals surface area contributed by atoms with Crippen molar-refractivity contribution in [2.75, 3.05) is 13.7 Å². The summed E-state index contributed by atoms with van der Waals surface area (Å²) in [7, 11) is 1.39. The average Bonchev–Trinajstić information content (AvgIpc) is 2.80. The summed E-state index contributed by atoms with van der Waals surface area (Å²) in [6.07, 6.45) is -2.56. The van der Waals surface area contributed by atoms with Crippen molar-refractivity contribution >= 4 is 11.0 Å². The molecular weight excluding hydrogens is 440 g/mol. The van der Waals surface area contributed by atoms with E-state index in [4.69, 9.17) is 18.6 Å². The van der Waals surface area contributed by atoms with Gasteiger partial charge in [-0.05, 0) is 12.2 Å². The standard InChI is InChI=1S/C22H24O11/c1-30-11-6-12(24)17-13(25)8-16(32-14(17)7-11)22(29)4-2-10(3-5-22)31-21-20(28)19(27)18(26)15(9-23)33-21/h2-8,10,15,18-21,23-24,26-29H,9H2,1H3.